The van der Waals surface area contributed by atoms with Gasteiger partial charge in [-0.1, -0.05) is 18.5 Å². The van der Waals surface area contributed by atoms with Crippen molar-refractivity contribution in [2.45, 2.75) is 45.4 Å². The Kier molecular flexibility index (Phi) is 5.84. The molecular weight excluding hydrogens is 278 g/mol. The van der Waals surface area contributed by atoms with E-state index in [2.05, 4.69) is 17.3 Å². The fraction of sp³-hybridized carbons (Fsp3) is 0.786. The second kappa shape index (κ2) is 7.41. The first-order valence-corrected chi connectivity index (χ1v) is 7.64. The number of hydrogen-bond donors (Lipinski definition) is 1. The quantitative estimate of drug-likeness (QED) is 0.837. The number of nitrogens with one attached hydrogen (secondary N) is 1. The van der Waals surface area contributed by atoms with E-state index in [0.29, 0.717) is 19.3 Å². The van der Waals surface area contributed by atoms with Crippen LogP contribution in [0, 0.1) is 6.92 Å². The van der Waals surface area contributed by atoms with Crippen LogP contribution in [-0.2, 0) is 22.9 Å². The van der Waals surface area contributed by atoms with Gasteiger partial charge in [-0.05, 0) is 26.3 Å². The molecule has 0 aromatic carbocycles. The SMILES string of the molecule is CCCNC(Cc1c(C)nn(C)c1Cl)CC1OCCO1. The molecule has 1 saturated heterocycles. The molecule has 0 radical (unpaired) electrons. The van der Waals surface area contributed by atoms with Crippen LogP contribution in [-0.4, -0.2) is 41.9 Å². The van der Waals surface area contributed by atoms with E-state index in [1.807, 2.05) is 14.0 Å². The normalized spacial score (nSPS) is 17.8. The summed E-state index contributed by atoms with van der Waals surface area (Å²) in [4.78, 5) is 0. The molecule has 0 bridgehead atoms. The lowest BCUT2D eigenvalue weighted by Gasteiger charge is -2.21. The predicted octanol–water partition coefficient (Wildman–Crippen LogP) is 2.06. The first-order chi connectivity index (χ1) is 9.61. The molecule has 1 aliphatic heterocycles. The lowest BCUT2D eigenvalue weighted by molar-refractivity contribution is -0.0526. The van der Waals surface area contributed by atoms with Crippen molar-refractivity contribution in [2.24, 2.45) is 7.05 Å². The molecule has 0 aliphatic carbocycles. The lowest BCUT2D eigenvalue weighted by atomic mass is 10.0. The van der Waals surface area contributed by atoms with E-state index in [4.69, 9.17) is 21.1 Å². The number of aryl methyl sites for hydroxylation is 2. The molecule has 0 spiro atoms. The van der Waals surface area contributed by atoms with E-state index in [1.54, 1.807) is 4.68 Å². The van der Waals surface area contributed by atoms with Gasteiger partial charge in [0.05, 0.1) is 18.9 Å². The van der Waals surface area contributed by atoms with E-state index >= 15 is 0 Å². The summed E-state index contributed by atoms with van der Waals surface area (Å²) in [5.41, 5.74) is 2.11. The van der Waals surface area contributed by atoms with Gasteiger partial charge in [-0.2, -0.15) is 5.10 Å². The van der Waals surface area contributed by atoms with Crippen molar-refractivity contribution in [2.75, 3.05) is 19.8 Å². The molecule has 1 fully saturated rings. The van der Waals surface area contributed by atoms with E-state index in [0.717, 1.165) is 42.2 Å². The van der Waals surface area contributed by atoms with Gasteiger partial charge in [-0.15, -0.1) is 0 Å². The fourth-order valence-electron chi connectivity index (χ4n) is 2.52. The second-order valence-corrected chi connectivity index (χ2v) is 5.60. The molecule has 1 unspecified atom stereocenters. The Balaban J connectivity index is 2.01. The summed E-state index contributed by atoms with van der Waals surface area (Å²) in [6.07, 6.45) is 2.69. The van der Waals surface area contributed by atoms with Crippen LogP contribution in [0.25, 0.3) is 0 Å². The zero-order valence-corrected chi connectivity index (χ0v) is 13.2. The molecule has 2 rings (SSSR count). The van der Waals surface area contributed by atoms with Gasteiger partial charge in [0.15, 0.2) is 6.29 Å². The van der Waals surface area contributed by atoms with Crippen molar-refractivity contribution in [1.29, 1.82) is 0 Å². The number of nitrogens with zero attached hydrogens (tertiary/aromatic N) is 2. The molecule has 5 nitrogen and oxygen atoms in total. The van der Waals surface area contributed by atoms with Crippen LogP contribution < -0.4 is 5.32 Å². The van der Waals surface area contributed by atoms with Crippen molar-refractivity contribution in [3.8, 4) is 0 Å². The molecule has 2 heterocycles. The van der Waals surface area contributed by atoms with Gasteiger partial charge < -0.3 is 14.8 Å². The Morgan fingerprint density at radius 1 is 1.45 bits per heavy atom. The van der Waals surface area contributed by atoms with Crippen LogP contribution in [0.3, 0.4) is 0 Å². The summed E-state index contributed by atoms with van der Waals surface area (Å²) in [5, 5.41) is 8.64. The fourth-order valence-corrected chi connectivity index (χ4v) is 2.77. The number of rotatable bonds is 7. The topological polar surface area (TPSA) is 48.3 Å². The minimum absolute atomic E-state index is 0.0971. The first-order valence-electron chi connectivity index (χ1n) is 7.26. The third-order valence-corrected chi connectivity index (χ3v) is 4.04. The summed E-state index contributed by atoms with van der Waals surface area (Å²) in [7, 11) is 1.87. The number of hydrogen-bond acceptors (Lipinski definition) is 4. The van der Waals surface area contributed by atoms with Gasteiger partial charge in [0.1, 0.15) is 5.15 Å². The standard InChI is InChI=1S/C14H24ClN3O2/c1-4-5-16-11(9-13-19-6-7-20-13)8-12-10(2)17-18(3)14(12)15/h11,13,16H,4-9H2,1-3H3. The van der Waals surface area contributed by atoms with Crippen molar-refractivity contribution >= 4 is 11.6 Å². The summed E-state index contributed by atoms with van der Waals surface area (Å²) in [6.45, 7) is 6.53. The van der Waals surface area contributed by atoms with Crippen molar-refractivity contribution < 1.29 is 9.47 Å². The van der Waals surface area contributed by atoms with Crippen LogP contribution in [0.15, 0.2) is 0 Å². The molecule has 1 atom stereocenters. The number of halogens is 1. The molecule has 0 amide bonds. The third kappa shape index (κ3) is 3.95. The monoisotopic (exact) mass is 301 g/mol. The third-order valence-electron chi connectivity index (χ3n) is 3.57. The highest BCUT2D eigenvalue weighted by molar-refractivity contribution is 6.30. The highest BCUT2D eigenvalue weighted by Crippen LogP contribution is 2.22. The maximum Gasteiger partial charge on any atom is 0.159 e. The Bertz CT molecular complexity index is 430. The summed E-state index contributed by atoms with van der Waals surface area (Å²) in [5.74, 6) is 0. The summed E-state index contributed by atoms with van der Waals surface area (Å²) >= 11 is 6.32. The number of aromatic nitrogens is 2. The van der Waals surface area contributed by atoms with Crippen LogP contribution in [0.2, 0.25) is 5.15 Å². The molecule has 1 aromatic rings. The van der Waals surface area contributed by atoms with Gasteiger partial charge in [0, 0.05) is 25.1 Å². The van der Waals surface area contributed by atoms with E-state index in [-0.39, 0.29) is 6.29 Å². The van der Waals surface area contributed by atoms with Crippen molar-refractivity contribution in [3.63, 3.8) is 0 Å². The predicted molar refractivity (Wildman–Crippen MR) is 79.0 cm³/mol. The first kappa shape index (κ1) is 15.8. The van der Waals surface area contributed by atoms with Crippen molar-refractivity contribution in [3.05, 3.63) is 16.4 Å². The van der Waals surface area contributed by atoms with Gasteiger partial charge in [-0.3, -0.25) is 4.68 Å². The highest BCUT2D eigenvalue weighted by atomic mass is 35.5. The van der Waals surface area contributed by atoms with Crippen molar-refractivity contribution in [1.82, 2.24) is 15.1 Å². The smallest absolute Gasteiger partial charge is 0.159 e. The minimum Gasteiger partial charge on any atom is -0.350 e. The average Bonchev–Trinajstić information content (AvgIpc) is 3.00. The molecule has 6 heteroatoms. The van der Waals surface area contributed by atoms with E-state index in [9.17, 15) is 0 Å². The molecule has 20 heavy (non-hydrogen) atoms. The number of ether oxygens (including phenoxy) is 2. The van der Waals surface area contributed by atoms with E-state index in [1.165, 1.54) is 0 Å². The largest absolute Gasteiger partial charge is 0.350 e. The molecule has 1 aliphatic rings. The van der Waals surface area contributed by atoms with Crippen LogP contribution in [0.5, 0.6) is 0 Å². The minimum atomic E-state index is -0.0971. The summed E-state index contributed by atoms with van der Waals surface area (Å²) in [6, 6.07) is 0.290. The van der Waals surface area contributed by atoms with E-state index < -0.39 is 0 Å². The Hall–Kier alpha value is -0.620. The molecule has 1 N–H and O–H groups in total. The van der Waals surface area contributed by atoms with Gasteiger partial charge in [-0.25, -0.2) is 0 Å². The molecule has 0 saturated carbocycles. The van der Waals surface area contributed by atoms with Gasteiger partial charge >= 0.3 is 0 Å². The average molecular weight is 302 g/mol. The zero-order valence-electron chi connectivity index (χ0n) is 12.5. The Labute approximate surface area is 125 Å². The van der Waals surface area contributed by atoms with Gasteiger partial charge in [0.2, 0.25) is 0 Å². The lowest BCUT2D eigenvalue weighted by Crippen LogP contribution is -2.35. The zero-order chi connectivity index (χ0) is 14.5. The maximum atomic E-state index is 6.32. The maximum absolute atomic E-state index is 6.32. The molecule has 114 valence electrons. The van der Waals surface area contributed by atoms with Gasteiger partial charge in [0.25, 0.3) is 0 Å². The second-order valence-electron chi connectivity index (χ2n) is 5.24. The van der Waals surface area contributed by atoms with Crippen LogP contribution >= 0.6 is 11.6 Å². The van der Waals surface area contributed by atoms with Crippen LogP contribution in [0.1, 0.15) is 31.0 Å². The molecular formula is C14H24ClN3O2. The molecule has 1 aromatic heterocycles. The Morgan fingerprint density at radius 2 is 2.15 bits per heavy atom. The highest BCUT2D eigenvalue weighted by Gasteiger charge is 2.23. The Morgan fingerprint density at radius 3 is 2.70 bits per heavy atom. The van der Waals surface area contributed by atoms with Crippen LogP contribution in [0.4, 0.5) is 0 Å². The summed E-state index contributed by atoms with van der Waals surface area (Å²) < 4.78 is 12.8.